The third kappa shape index (κ3) is 3.58. The Kier molecular flexibility index (Phi) is 5.14. The molecule has 1 heterocycles. The second-order valence-corrected chi connectivity index (χ2v) is 5.40. The molecule has 6 heteroatoms. The van der Waals surface area contributed by atoms with Crippen molar-refractivity contribution in [1.29, 1.82) is 0 Å². The van der Waals surface area contributed by atoms with Crippen molar-refractivity contribution < 1.29 is 9.26 Å². The van der Waals surface area contributed by atoms with Crippen LogP contribution < -0.4 is 10.1 Å². The summed E-state index contributed by atoms with van der Waals surface area (Å²) in [6, 6.07) is 4.08. The van der Waals surface area contributed by atoms with E-state index in [4.69, 9.17) is 9.26 Å². The lowest BCUT2D eigenvalue weighted by atomic mass is 10.1. The molecule has 0 fully saturated rings. The van der Waals surface area contributed by atoms with E-state index in [-0.39, 0.29) is 0 Å². The molecule has 0 saturated carbocycles. The third-order valence-electron chi connectivity index (χ3n) is 2.84. The van der Waals surface area contributed by atoms with Crippen LogP contribution in [0.3, 0.4) is 0 Å². The van der Waals surface area contributed by atoms with Gasteiger partial charge in [0.2, 0.25) is 11.7 Å². The highest BCUT2D eigenvalue weighted by Crippen LogP contribution is 2.28. The van der Waals surface area contributed by atoms with Crippen LogP contribution in [0.1, 0.15) is 29.8 Å². The number of rotatable bonds is 6. The van der Waals surface area contributed by atoms with E-state index in [1.165, 1.54) is 0 Å². The molecule has 1 aromatic heterocycles. The minimum Gasteiger partial charge on any atom is -0.485 e. The predicted molar refractivity (Wildman–Crippen MR) is 79.7 cm³/mol. The number of aryl methyl sites for hydroxylation is 2. The summed E-state index contributed by atoms with van der Waals surface area (Å²) in [4.78, 5) is 4.24. The van der Waals surface area contributed by atoms with Gasteiger partial charge in [0.15, 0.2) is 6.61 Å². The number of ether oxygens (including phenoxy) is 1. The first kappa shape index (κ1) is 15.0. The average Bonchev–Trinajstić information content (AvgIpc) is 2.86. The van der Waals surface area contributed by atoms with Gasteiger partial charge in [-0.1, -0.05) is 28.0 Å². The molecule has 0 aliphatic rings. The summed E-state index contributed by atoms with van der Waals surface area (Å²) >= 11 is 3.50. The van der Waals surface area contributed by atoms with Crippen LogP contribution in [0.4, 0.5) is 0 Å². The fourth-order valence-electron chi connectivity index (χ4n) is 1.96. The summed E-state index contributed by atoms with van der Waals surface area (Å²) < 4.78 is 12.0. The Morgan fingerprint density at radius 2 is 2.20 bits per heavy atom. The maximum absolute atomic E-state index is 5.87. The summed E-state index contributed by atoms with van der Waals surface area (Å²) in [7, 11) is 1.91. The highest BCUT2D eigenvalue weighted by Gasteiger charge is 2.11. The van der Waals surface area contributed by atoms with E-state index in [9.17, 15) is 0 Å². The van der Waals surface area contributed by atoms with Crippen molar-refractivity contribution >= 4 is 15.9 Å². The maximum Gasteiger partial charge on any atom is 0.226 e. The zero-order valence-electron chi connectivity index (χ0n) is 11.9. The van der Waals surface area contributed by atoms with E-state index in [2.05, 4.69) is 31.4 Å². The fraction of sp³-hybridized carbons (Fsp3) is 0.429. The van der Waals surface area contributed by atoms with Gasteiger partial charge >= 0.3 is 0 Å². The number of halogens is 1. The van der Waals surface area contributed by atoms with Crippen molar-refractivity contribution in [2.75, 3.05) is 7.05 Å². The van der Waals surface area contributed by atoms with Gasteiger partial charge in [0, 0.05) is 23.0 Å². The van der Waals surface area contributed by atoms with E-state index in [1.807, 2.05) is 33.0 Å². The summed E-state index contributed by atoms with van der Waals surface area (Å²) in [5.74, 6) is 2.07. The molecule has 0 atom stereocenters. The topological polar surface area (TPSA) is 60.2 Å². The molecule has 1 aromatic carbocycles. The molecule has 0 bridgehead atoms. The van der Waals surface area contributed by atoms with Crippen molar-refractivity contribution in [1.82, 2.24) is 15.5 Å². The summed E-state index contributed by atoms with van der Waals surface area (Å²) in [5.41, 5.74) is 2.17. The summed E-state index contributed by atoms with van der Waals surface area (Å²) in [6.45, 7) is 5.04. The first-order valence-corrected chi connectivity index (χ1v) is 7.31. The Balaban J connectivity index is 2.15. The lowest BCUT2D eigenvalue weighted by Crippen LogP contribution is -2.09. The lowest BCUT2D eigenvalue weighted by molar-refractivity contribution is 0.280. The van der Waals surface area contributed by atoms with Crippen LogP contribution in [0, 0.1) is 6.92 Å². The number of hydrogen-bond donors (Lipinski definition) is 1. The molecule has 0 amide bonds. The van der Waals surface area contributed by atoms with Gasteiger partial charge < -0.3 is 14.6 Å². The molecule has 5 nitrogen and oxygen atoms in total. The number of aromatic nitrogens is 2. The Morgan fingerprint density at radius 3 is 2.85 bits per heavy atom. The van der Waals surface area contributed by atoms with Gasteiger partial charge in [-0.3, -0.25) is 0 Å². The molecule has 20 heavy (non-hydrogen) atoms. The Morgan fingerprint density at radius 1 is 1.40 bits per heavy atom. The summed E-state index contributed by atoms with van der Waals surface area (Å²) in [6.07, 6.45) is 0.731. The predicted octanol–water partition coefficient (Wildman–Crippen LogP) is 3.00. The smallest absolute Gasteiger partial charge is 0.226 e. The van der Waals surface area contributed by atoms with Crippen LogP contribution >= 0.6 is 15.9 Å². The standard InChI is InChI=1S/C14H18BrN3O2/c1-4-13-17-12(18-20-13)8-19-14-9(2)5-11(15)6-10(14)7-16-3/h5-6,16H,4,7-8H2,1-3H3. The van der Waals surface area contributed by atoms with Gasteiger partial charge in [0.1, 0.15) is 5.75 Å². The van der Waals surface area contributed by atoms with Crippen molar-refractivity contribution in [3.63, 3.8) is 0 Å². The van der Waals surface area contributed by atoms with Crippen LogP contribution in [-0.4, -0.2) is 17.2 Å². The average molecular weight is 340 g/mol. The summed E-state index contributed by atoms with van der Waals surface area (Å²) in [5, 5.41) is 7.03. The minimum absolute atomic E-state index is 0.308. The highest BCUT2D eigenvalue weighted by atomic mass is 79.9. The van der Waals surface area contributed by atoms with Crippen LogP contribution in [0.5, 0.6) is 5.75 Å². The number of nitrogens with one attached hydrogen (secondary N) is 1. The highest BCUT2D eigenvalue weighted by molar-refractivity contribution is 9.10. The molecule has 0 radical (unpaired) electrons. The molecule has 0 aliphatic carbocycles. The monoisotopic (exact) mass is 339 g/mol. The Bertz CT molecular complexity index is 584. The molecule has 0 saturated heterocycles. The van der Waals surface area contributed by atoms with Gasteiger partial charge in [-0.15, -0.1) is 0 Å². The van der Waals surface area contributed by atoms with E-state index >= 15 is 0 Å². The zero-order chi connectivity index (χ0) is 14.5. The van der Waals surface area contributed by atoms with Gasteiger partial charge in [-0.2, -0.15) is 4.98 Å². The zero-order valence-corrected chi connectivity index (χ0v) is 13.5. The van der Waals surface area contributed by atoms with Crippen LogP contribution in [0.25, 0.3) is 0 Å². The molecule has 108 valence electrons. The Hall–Kier alpha value is -1.40. The molecule has 0 unspecified atom stereocenters. The van der Waals surface area contributed by atoms with Crippen LogP contribution in [-0.2, 0) is 19.6 Å². The quantitative estimate of drug-likeness (QED) is 0.876. The fourth-order valence-corrected chi connectivity index (χ4v) is 2.58. The third-order valence-corrected chi connectivity index (χ3v) is 3.30. The second kappa shape index (κ2) is 6.85. The molecule has 0 aliphatic heterocycles. The first-order valence-electron chi connectivity index (χ1n) is 6.52. The molecule has 2 rings (SSSR count). The largest absolute Gasteiger partial charge is 0.485 e. The van der Waals surface area contributed by atoms with Gasteiger partial charge in [-0.05, 0) is 31.7 Å². The minimum atomic E-state index is 0.308. The molecule has 0 spiro atoms. The van der Waals surface area contributed by atoms with Gasteiger partial charge in [0.05, 0.1) is 0 Å². The molecular weight excluding hydrogens is 322 g/mol. The van der Waals surface area contributed by atoms with Gasteiger partial charge in [0.25, 0.3) is 0 Å². The SMILES string of the molecule is CCc1nc(COc2c(C)cc(Br)cc2CNC)no1. The van der Waals surface area contributed by atoms with Crippen molar-refractivity contribution in [3.8, 4) is 5.75 Å². The number of hydrogen-bond acceptors (Lipinski definition) is 5. The number of nitrogens with zero attached hydrogens (tertiary/aromatic N) is 2. The van der Waals surface area contributed by atoms with Crippen molar-refractivity contribution in [3.05, 3.63) is 39.4 Å². The van der Waals surface area contributed by atoms with E-state index < -0.39 is 0 Å². The van der Waals surface area contributed by atoms with Crippen LogP contribution in [0.15, 0.2) is 21.1 Å². The maximum atomic E-state index is 5.87. The van der Waals surface area contributed by atoms with Crippen molar-refractivity contribution in [2.45, 2.75) is 33.4 Å². The molecule has 2 aromatic rings. The first-order chi connectivity index (χ1) is 9.63. The van der Waals surface area contributed by atoms with Crippen molar-refractivity contribution in [2.24, 2.45) is 0 Å². The van der Waals surface area contributed by atoms with E-state index in [1.54, 1.807) is 0 Å². The molecular formula is C14H18BrN3O2. The normalized spacial score (nSPS) is 10.8. The van der Waals surface area contributed by atoms with Gasteiger partial charge in [-0.25, -0.2) is 0 Å². The van der Waals surface area contributed by atoms with E-state index in [0.717, 1.165) is 34.3 Å². The lowest BCUT2D eigenvalue weighted by Gasteiger charge is -2.13. The van der Waals surface area contributed by atoms with Crippen LogP contribution in [0.2, 0.25) is 0 Å². The Labute approximate surface area is 126 Å². The molecule has 1 N–H and O–H groups in total. The number of benzene rings is 1. The second-order valence-electron chi connectivity index (χ2n) is 4.49. The van der Waals surface area contributed by atoms with E-state index in [0.29, 0.717) is 18.3 Å².